The second-order valence-electron chi connectivity index (χ2n) is 5.65. The number of para-hydroxylation sites is 2. The van der Waals surface area contributed by atoms with Gasteiger partial charge in [0.1, 0.15) is 5.82 Å². The molecule has 0 bridgehead atoms. The van der Waals surface area contributed by atoms with E-state index in [0.717, 1.165) is 12.1 Å². The van der Waals surface area contributed by atoms with E-state index in [9.17, 15) is 19.1 Å². The van der Waals surface area contributed by atoms with E-state index in [2.05, 4.69) is 5.32 Å². The molecule has 0 fully saturated rings. The zero-order valence-electron chi connectivity index (χ0n) is 14.5. The van der Waals surface area contributed by atoms with Crippen LogP contribution in [0.2, 0.25) is 0 Å². The van der Waals surface area contributed by atoms with E-state index in [1.54, 1.807) is 24.3 Å². The van der Waals surface area contributed by atoms with Crippen molar-refractivity contribution in [3.05, 3.63) is 59.9 Å². The van der Waals surface area contributed by atoms with Crippen molar-refractivity contribution in [1.29, 1.82) is 0 Å². The third-order valence-electron chi connectivity index (χ3n) is 3.75. The van der Waals surface area contributed by atoms with Gasteiger partial charge in [-0.25, -0.2) is 9.18 Å². The van der Waals surface area contributed by atoms with E-state index in [1.165, 1.54) is 19.1 Å². The number of carbonyl (C=O) groups excluding carboxylic acids is 1. The Morgan fingerprint density at radius 1 is 1.08 bits per heavy atom. The van der Waals surface area contributed by atoms with Crippen LogP contribution in [0.15, 0.2) is 48.5 Å². The number of carbonyl (C=O) groups is 2. The summed E-state index contributed by atoms with van der Waals surface area (Å²) < 4.78 is 23.9. The largest absolute Gasteiger partial charge is 0.490 e. The standard InChI is InChI=1S/C19H20FNO5/c1-3-25-15-6-4-5-7-16(15)26-12-17(22)21-19(2,18(23)24)13-8-10-14(20)11-9-13/h4-11H,3,12H2,1-2H3,(H,21,22)(H,23,24). The van der Waals surface area contributed by atoms with Crippen LogP contribution in [0.25, 0.3) is 0 Å². The average Bonchev–Trinajstić information content (AvgIpc) is 2.61. The van der Waals surface area contributed by atoms with E-state index in [4.69, 9.17) is 9.47 Å². The Hall–Kier alpha value is -3.09. The molecule has 0 spiro atoms. The molecule has 0 saturated heterocycles. The van der Waals surface area contributed by atoms with Crippen molar-refractivity contribution < 1.29 is 28.6 Å². The molecule has 2 rings (SSSR count). The van der Waals surface area contributed by atoms with Crippen LogP contribution in [0.1, 0.15) is 19.4 Å². The normalized spacial score (nSPS) is 12.7. The first kappa shape index (κ1) is 19.2. The van der Waals surface area contributed by atoms with E-state index in [0.29, 0.717) is 18.1 Å². The number of benzene rings is 2. The molecule has 0 aliphatic rings. The van der Waals surface area contributed by atoms with Gasteiger partial charge in [0, 0.05) is 0 Å². The van der Waals surface area contributed by atoms with Gasteiger partial charge in [-0.1, -0.05) is 24.3 Å². The molecule has 1 atom stereocenters. The maximum absolute atomic E-state index is 13.1. The predicted octanol–water partition coefficient (Wildman–Crippen LogP) is 2.72. The van der Waals surface area contributed by atoms with Crippen molar-refractivity contribution in [2.75, 3.05) is 13.2 Å². The second kappa shape index (κ2) is 8.33. The zero-order valence-corrected chi connectivity index (χ0v) is 14.5. The fourth-order valence-corrected chi connectivity index (χ4v) is 2.33. The van der Waals surface area contributed by atoms with Crippen LogP contribution in [0.3, 0.4) is 0 Å². The van der Waals surface area contributed by atoms with Gasteiger partial charge in [0.15, 0.2) is 23.6 Å². The predicted molar refractivity (Wildman–Crippen MR) is 92.6 cm³/mol. The molecule has 2 aromatic rings. The molecule has 0 radical (unpaired) electrons. The molecule has 0 aliphatic carbocycles. The Morgan fingerprint density at radius 2 is 1.65 bits per heavy atom. The minimum atomic E-state index is -1.71. The Bertz CT molecular complexity index is 778. The van der Waals surface area contributed by atoms with Crippen molar-refractivity contribution in [2.45, 2.75) is 19.4 Å². The maximum atomic E-state index is 13.1. The second-order valence-corrected chi connectivity index (χ2v) is 5.65. The quantitative estimate of drug-likeness (QED) is 0.755. The number of halogens is 1. The molecule has 0 aromatic heterocycles. The van der Waals surface area contributed by atoms with Crippen molar-refractivity contribution in [3.8, 4) is 11.5 Å². The van der Waals surface area contributed by atoms with Crippen molar-refractivity contribution in [3.63, 3.8) is 0 Å². The summed E-state index contributed by atoms with van der Waals surface area (Å²) in [6.45, 7) is 3.20. The molecule has 2 aromatic carbocycles. The van der Waals surface area contributed by atoms with Crippen LogP contribution in [0.5, 0.6) is 11.5 Å². The first-order chi connectivity index (χ1) is 12.4. The summed E-state index contributed by atoms with van der Waals surface area (Å²) >= 11 is 0. The first-order valence-corrected chi connectivity index (χ1v) is 8.02. The number of aliphatic carboxylic acids is 1. The number of rotatable bonds is 8. The van der Waals surface area contributed by atoms with Gasteiger partial charge >= 0.3 is 5.97 Å². The molecule has 26 heavy (non-hydrogen) atoms. The Labute approximate surface area is 150 Å². The van der Waals surface area contributed by atoms with E-state index < -0.39 is 29.8 Å². The van der Waals surface area contributed by atoms with Crippen LogP contribution in [-0.2, 0) is 15.1 Å². The number of nitrogens with one attached hydrogen (secondary N) is 1. The summed E-state index contributed by atoms with van der Waals surface area (Å²) in [4.78, 5) is 23.9. The summed E-state index contributed by atoms with van der Waals surface area (Å²) in [5.74, 6) is -1.54. The third-order valence-corrected chi connectivity index (χ3v) is 3.75. The fraction of sp³-hybridized carbons (Fsp3) is 0.263. The molecular weight excluding hydrogens is 341 g/mol. The van der Waals surface area contributed by atoms with Crippen LogP contribution >= 0.6 is 0 Å². The maximum Gasteiger partial charge on any atom is 0.333 e. The van der Waals surface area contributed by atoms with Crippen molar-refractivity contribution in [2.24, 2.45) is 0 Å². The lowest BCUT2D eigenvalue weighted by molar-refractivity contribution is -0.147. The highest BCUT2D eigenvalue weighted by molar-refractivity contribution is 5.88. The number of carboxylic acids is 1. The lowest BCUT2D eigenvalue weighted by Crippen LogP contribution is -2.51. The molecule has 0 aliphatic heterocycles. The van der Waals surface area contributed by atoms with Crippen molar-refractivity contribution >= 4 is 11.9 Å². The van der Waals surface area contributed by atoms with Crippen LogP contribution < -0.4 is 14.8 Å². The van der Waals surface area contributed by atoms with Gasteiger partial charge in [-0.15, -0.1) is 0 Å². The zero-order chi connectivity index (χ0) is 19.2. The Balaban J connectivity index is 2.09. The molecule has 138 valence electrons. The third kappa shape index (κ3) is 4.50. The van der Waals surface area contributed by atoms with Crippen LogP contribution in [0.4, 0.5) is 4.39 Å². The van der Waals surface area contributed by atoms with E-state index in [-0.39, 0.29) is 5.56 Å². The molecule has 7 heteroatoms. The number of ether oxygens (including phenoxy) is 2. The fourth-order valence-electron chi connectivity index (χ4n) is 2.33. The van der Waals surface area contributed by atoms with Gasteiger partial charge in [-0.2, -0.15) is 0 Å². The average molecular weight is 361 g/mol. The summed E-state index contributed by atoms with van der Waals surface area (Å²) in [6.07, 6.45) is 0. The van der Waals surface area contributed by atoms with Crippen molar-refractivity contribution in [1.82, 2.24) is 5.32 Å². The monoisotopic (exact) mass is 361 g/mol. The molecule has 0 heterocycles. The summed E-state index contributed by atoms with van der Waals surface area (Å²) in [5.41, 5.74) is -1.47. The van der Waals surface area contributed by atoms with Gasteiger partial charge in [0.2, 0.25) is 0 Å². The Kier molecular flexibility index (Phi) is 6.16. The molecule has 1 amide bonds. The molecule has 1 unspecified atom stereocenters. The molecule has 0 saturated carbocycles. The topological polar surface area (TPSA) is 84.9 Å². The summed E-state index contributed by atoms with van der Waals surface area (Å²) in [6, 6.07) is 11.8. The Morgan fingerprint density at radius 3 is 2.19 bits per heavy atom. The van der Waals surface area contributed by atoms with Gasteiger partial charge in [-0.3, -0.25) is 4.79 Å². The highest BCUT2D eigenvalue weighted by atomic mass is 19.1. The SMILES string of the molecule is CCOc1ccccc1OCC(=O)NC(C)(C(=O)O)c1ccc(F)cc1. The molecular formula is C19H20FNO5. The van der Waals surface area contributed by atoms with Gasteiger partial charge < -0.3 is 19.9 Å². The van der Waals surface area contributed by atoms with Gasteiger partial charge in [0.25, 0.3) is 5.91 Å². The first-order valence-electron chi connectivity index (χ1n) is 8.02. The summed E-state index contributed by atoms with van der Waals surface area (Å²) in [7, 11) is 0. The smallest absolute Gasteiger partial charge is 0.333 e. The minimum Gasteiger partial charge on any atom is -0.490 e. The van der Waals surface area contributed by atoms with Gasteiger partial charge in [-0.05, 0) is 43.7 Å². The van der Waals surface area contributed by atoms with Gasteiger partial charge in [0.05, 0.1) is 6.61 Å². The number of hydrogen-bond donors (Lipinski definition) is 2. The number of amides is 1. The van der Waals surface area contributed by atoms with Crippen LogP contribution in [0, 0.1) is 5.82 Å². The number of hydrogen-bond acceptors (Lipinski definition) is 4. The highest BCUT2D eigenvalue weighted by Gasteiger charge is 2.37. The lowest BCUT2D eigenvalue weighted by Gasteiger charge is -2.26. The molecule has 2 N–H and O–H groups in total. The van der Waals surface area contributed by atoms with E-state index in [1.807, 2.05) is 6.92 Å². The van der Waals surface area contributed by atoms with Crippen LogP contribution in [-0.4, -0.2) is 30.2 Å². The van der Waals surface area contributed by atoms with E-state index >= 15 is 0 Å². The lowest BCUT2D eigenvalue weighted by atomic mass is 9.92. The molecule has 6 nitrogen and oxygen atoms in total. The highest BCUT2D eigenvalue weighted by Crippen LogP contribution is 2.26. The summed E-state index contributed by atoms with van der Waals surface area (Å²) in [5, 5.41) is 12.0. The minimum absolute atomic E-state index is 0.245. The number of carboxylic acid groups (broad SMARTS) is 1.